The van der Waals surface area contributed by atoms with Gasteiger partial charge in [0.15, 0.2) is 5.84 Å². The Morgan fingerprint density at radius 3 is 3.05 bits per heavy atom. The number of hydrogen-bond acceptors (Lipinski definition) is 3. The monoisotopic (exact) mass is 261 g/mol. The Balaban J connectivity index is 1.92. The molecule has 2 atom stereocenters. The molecule has 4 heteroatoms. The summed E-state index contributed by atoms with van der Waals surface area (Å²) < 4.78 is 0. The summed E-state index contributed by atoms with van der Waals surface area (Å²) in [5.41, 5.74) is 7.53. The Morgan fingerprint density at radius 1 is 1.47 bits per heavy atom. The van der Waals surface area contributed by atoms with Crippen LogP contribution in [0.3, 0.4) is 0 Å². The Hall–Kier alpha value is -1.55. The number of oxime groups is 1. The highest BCUT2D eigenvalue weighted by Gasteiger charge is 2.17. The maximum absolute atomic E-state index is 8.69. The highest BCUT2D eigenvalue weighted by atomic mass is 16.4. The van der Waals surface area contributed by atoms with E-state index in [2.05, 4.69) is 23.5 Å². The molecule has 1 aromatic rings. The van der Waals surface area contributed by atoms with Crippen molar-refractivity contribution in [2.45, 2.75) is 45.2 Å². The number of nitrogens with one attached hydrogen (secondary N) is 1. The summed E-state index contributed by atoms with van der Waals surface area (Å²) in [5, 5.41) is 15.3. The van der Waals surface area contributed by atoms with Gasteiger partial charge >= 0.3 is 0 Å². The van der Waals surface area contributed by atoms with Crippen LogP contribution in [0.5, 0.6) is 0 Å². The van der Waals surface area contributed by atoms with E-state index < -0.39 is 0 Å². The average Bonchev–Trinajstić information content (AvgIpc) is 2.45. The van der Waals surface area contributed by atoms with E-state index in [0.717, 1.165) is 18.0 Å². The zero-order chi connectivity index (χ0) is 13.7. The van der Waals surface area contributed by atoms with Crippen molar-refractivity contribution >= 4 is 5.84 Å². The first-order valence-electron chi connectivity index (χ1n) is 6.99. The van der Waals surface area contributed by atoms with Gasteiger partial charge in [0.1, 0.15) is 0 Å². The van der Waals surface area contributed by atoms with Gasteiger partial charge in [0.25, 0.3) is 0 Å². The van der Waals surface area contributed by atoms with Crippen LogP contribution in [0.25, 0.3) is 0 Å². The second-order valence-electron chi connectivity index (χ2n) is 5.54. The van der Waals surface area contributed by atoms with Gasteiger partial charge in [-0.3, -0.25) is 0 Å². The molecule has 0 spiro atoms. The summed E-state index contributed by atoms with van der Waals surface area (Å²) in [4.78, 5) is 0. The van der Waals surface area contributed by atoms with Crippen molar-refractivity contribution in [3.05, 3.63) is 35.4 Å². The molecule has 2 rings (SSSR count). The molecule has 0 radical (unpaired) electrons. The van der Waals surface area contributed by atoms with Gasteiger partial charge in [-0.2, -0.15) is 0 Å². The molecule has 0 amide bonds. The van der Waals surface area contributed by atoms with Gasteiger partial charge in [-0.25, -0.2) is 0 Å². The smallest absolute Gasteiger partial charge is 0.170 e. The maximum Gasteiger partial charge on any atom is 0.170 e. The van der Waals surface area contributed by atoms with Gasteiger partial charge in [-0.15, -0.1) is 0 Å². The van der Waals surface area contributed by atoms with Gasteiger partial charge in [0.2, 0.25) is 0 Å². The third kappa shape index (κ3) is 3.96. The van der Waals surface area contributed by atoms with Crippen molar-refractivity contribution in [2.75, 3.05) is 0 Å². The number of benzene rings is 1. The standard InChI is InChI=1S/C15H23N3O/c1-11-4-2-7-14(8-11)17-10-12-5-3-6-13(9-12)15(16)18-19/h3,5-6,9,11,14,17,19H,2,4,7-8,10H2,1H3,(H2,16,18). The molecule has 1 aliphatic carbocycles. The van der Waals surface area contributed by atoms with Gasteiger partial charge in [0.05, 0.1) is 0 Å². The van der Waals surface area contributed by atoms with Crippen molar-refractivity contribution in [1.82, 2.24) is 5.32 Å². The van der Waals surface area contributed by atoms with Crippen LogP contribution < -0.4 is 11.1 Å². The van der Waals surface area contributed by atoms with Crippen molar-refractivity contribution < 1.29 is 5.21 Å². The molecule has 0 aromatic heterocycles. The molecule has 1 saturated carbocycles. The average molecular weight is 261 g/mol. The van der Waals surface area contributed by atoms with E-state index in [4.69, 9.17) is 10.9 Å². The Bertz CT molecular complexity index is 445. The van der Waals surface area contributed by atoms with E-state index in [0.29, 0.717) is 6.04 Å². The third-order valence-electron chi connectivity index (χ3n) is 3.86. The van der Waals surface area contributed by atoms with Crippen molar-refractivity contribution in [3.63, 3.8) is 0 Å². The molecule has 1 aromatic carbocycles. The molecule has 4 N–H and O–H groups in total. The highest BCUT2D eigenvalue weighted by Crippen LogP contribution is 2.23. The van der Waals surface area contributed by atoms with Crippen molar-refractivity contribution in [3.8, 4) is 0 Å². The number of nitrogens with zero attached hydrogens (tertiary/aromatic N) is 1. The van der Waals surface area contributed by atoms with Crippen LogP contribution in [0.1, 0.15) is 43.7 Å². The molecule has 104 valence electrons. The van der Waals surface area contributed by atoms with Gasteiger partial charge < -0.3 is 16.3 Å². The Kier molecular flexibility index (Phi) is 4.80. The largest absolute Gasteiger partial charge is 0.409 e. The lowest BCUT2D eigenvalue weighted by Crippen LogP contribution is -2.33. The molecule has 1 fully saturated rings. The zero-order valence-electron chi connectivity index (χ0n) is 11.5. The van der Waals surface area contributed by atoms with Crippen LogP contribution in [-0.2, 0) is 6.54 Å². The van der Waals surface area contributed by atoms with Crippen LogP contribution >= 0.6 is 0 Å². The van der Waals surface area contributed by atoms with E-state index in [1.165, 1.54) is 31.2 Å². The van der Waals surface area contributed by atoms with E-state index >= 15 is 0 Å². The fourth-order valence-corrected chi connectivity index (χ4v) is 2.78. The third-order valence-corrected chi connectivity index (χ3v) is 3.86. The topological polar surface area (TPSA) is 70.6 Å². The molecule has 0 saturated heterocycles. The fourth-order valence-electron chi connectivity index (χ4n) is 2.78. The van der Waals surface area contributed by atoms with Crippen molar-refractivity contribution in [1.29, 1.82) is 0 Å². The Morgan fingerprint density at radius 2 is 2.32 bits per heavy atom. The SMILES string of the molecule is CC1CCCC(NCc2cccc(C(N)=NO)c2)C1. The minimum atomic E-state index is 0.160. The van der Waals surface area contributed by atoms with Crippen LogP contribution in [0.2, 0.25) is 0 Å². The zero-order valence-corrected chi connectivity index (χ0v) is 11.5. The Labute approximate surface area is 114 Å². The highest BCUT2D eigenvalue weighted by molar-refractivity contribution is 5.97. The van der Waals surface area contributed by atoms with E-state index in [1.807, 2.05) is 18.2 Å². The summed E-state index contributed by atoms with van der Waals surface area (Å²) >= 11 is 0. The molecular weight excluding hydrogens is 238 g/mol. The quantitative estimate of drug-likeness (QED) is 0.337. The van der Waals surface area contributed by atoms with Crippen LogP contribution in [0.4, 0.5) is 0 Å². The van der Waals surface area contributed by atoms with Gasteiger partial charge in [-0.05, 0) is 30.4 Å². The normalized spacial score (nSPS) is 24.4. The first-order chi connectivity index (χ1) is 9.19. The van der Waals surface area contributed by atoms with Crippen LogP contribution in [0, 0.1) is 5.92 Å². The van der Waals surface area contributed by atoms with Crippen molar-refractivity contribution in [2.24, 2.45) is 16.8 Å². The van der Waals surface area contributed by atoms with Crippen LogP contribution in [0.15, 0.2) is 29.4 Å². The fraction of sp³-hybridized carbons (Fsp3) is 0.533. The first kappa shape index (κ1) is 13.9. The predicted octanol–water partition coefficient (Wildman–Crippen LogP) is 2.45. The minimum Gasteiger partial charge on any atom is -0.409 e. The summed E-state index contributed by atoms with van der Waals surface area (Å²) in [6.45, 7) is 3.16. The molecule has 4 nitrogen and oxygen atoms in total. The molecule has 19 heavy (non-hydrogen) atoms. The second-order valence-corrected chi connectivity index (χ2v) is 5.54. The maximum atomic E-state index is 8.69. The van der Waals surface area contributed by atoms with E-state index in [-0.39, 0.29) is 5.84 Å². The molecule has 1 aliphatic rings. The molecule has 0 bridgehead atoms. The van der Waals surface area contributed by atoms with E-state index in [1.54, 1.807) is 0 Å². The minimum absolute atomic E-state index is 0.160. The summed E-state index contributed by atoms with van der Waals surface area (Å²) in [7, 11) is 0. The lowest BCUT2D eigenvalue weighted by molar-refractivity contribution is 0.300. The van der Waals surface area contributed by atoms with Gasteiger partial charge in [0, 0.05) is 18.2 Å². The van der Waals surface area contributed by atoms with Crippen LogP contribution in [-0.4, -0.2) is 17.1 Å². The predicted molar refractivity (Wildman–Crippen MR) is 77.2 cm³/mol. The lowest BCUT2D eigenvalue weighted by atomic mass is 9.87. The van der Waals surface area contributed by atoms with Gasteiger partial charge in [-0.1, -0.05) is 43.1 Å². The molecule has 0 heterocycles. The summed E-state index contributed by atoms with van der Waals surface area (Å²) in [6, 6.07) is 8.44. The number of hydrogen-bond donors (Lipinski definition) is 3. The number of nitrogens with two attached hydrogens (primary N) is 1. The lowest BCUT2D eigenvalue weighted by Gasteiger charge is -2.27. The molecule has 2 unspecified atom stereocenters. The molecule has 0 aliphatic heterocycles. The summed E-state index contributed by atoms with van der Waals surface area (Å²) in [5.74, 6) is 0.989. The first-order valence-corrected chi connectivity index (χ1v) is 6.99. The summed E-state index contributed by atoms with van der Waals surface area (Å²) in [6.07, 6.45) is 5.21. The number of rotatable bonds is 4. The van der Waals surface area contributed by atoms with E-state index in [9.17, 15) is 0 Å². The molecular formula is C15H23N3O. The second kappa shape index (κ2) is 6.57. The number of amidine groups is 1.